The Bertz CT molecular complexity index is 491. The molecule has 6 heteroatoms. The van der Waals surface area contributed by atoms with E-state index in [-0.39, 0.29) is 0 Å². The van der Waals surface area contributed by atoms with Crippen LogP contribution in [0.15, 0.2) is 18.5 Å². The highest BCUT2D eigenvalue weighted by Gasteiger charge is 2.00. The molecule has 2 rings (SSSR count). The fourth-order valence-corrected chi connectivity index (χ4v) is 1.32. The number of H-pyrrole nitrogens is 1. The van der Waals surface area contributed by atoms with Gasteiger partial charge in [0.25, 0.3) is 0 Å². The zero-order valence-electron chi connectivity index (χ0n) is 6.61. The number of hydrogen-bond acceptors (Lipinski definition) is 5. The quantitative estimate of drug-likeness (QED) is 0.357. The van der Waals surface area contributed by atoms with E-state index in [4.69, 9.17) is 18.1 Å². The van der Waals surface area contributed by atoms with Crippen LogP contribution in [-0.4, -0.2) is 15.0 Å². The van der Waals surface area contributed by atoms with Crippen LogP contribution in [0.1, 0.15) is 0 Å². The lowest BCUT2D eigenvalue weighted by Crippen LogP contribution is -2.09. The van der Waals surface area contributed by atoms with E-state index in [9.17, 15) is 0 Å². The summed E-state index contributed by atoms with van der Waals surface area (Å²) < 4.78 is 0.383. The summed E-state index contributed by atoms with van der Waals surface area (Å²) in [6.45, 7) is 0. The van der Waals surface area contributed by atoms with Gasteiger partial charge in [-0.1, -0.05) is 0 Å². The van der Waals surface area contributed by atoms with Crippen LogP contribution in [0, 0.1) is 4.77 Å². The predicted octanol–water partition coefficient (Wildman–Crippen LogP) is 0.973. The molecule has 13 heavy (non-hydrogen) atoms. The fraction of sp³-hybridized carbons (Fsp3) is 0. The third kappa shape index (κ3) is 1.36. The number of aromatic amines is 1. The van der Waals surface area contributed by atoms with Crippen LogP contribution in [0.25, 0.3) is 10.9 Å². The number of pyridine rings is 1. The minimum atomic E-state index is 0.383. The van der Waals surface area contributed by atoms with Crippen molar-refractivity contribution in [1.29, 1.82) is 0 Å². The lowest BCUT2D eigenvalue weighted by Gasteiger charge is -2.02. The number of aromatic nitrogens is 3. The van der Waals surface area contributed by atoms with Crippen LogP contribution >= 0.6 is 12.2 Å². The maximum absolute atomic E-state index is 5.29. The van der Waals surface area contributed by atoms with E-state index < -0.39 is 0 Å². The van der Waals surface area contributed by atoms with E-state index in [0.717, 1.165) is 10.9 Å². The molecule has 0 saturated heterocycles. The molecule has 0 fully saturated rings. The molecule has 0 atom stereocenters. The maximum Gasteiger partial charge on any atom is 0.199 e. The van der Waals surface area contributed by atoms with Crippen LogP contribution in [0.4, 0.5) is 5.82 Å². The Balaban J connectivity index is 2.89. The SMILES string of the molecule is NNc1nc(=S)[nH]c2cnccc12. The molecule has 0 aliphatic carbocycles. The first kappa shape index (κ1) is 8.09. The molecule has 0 bridgehead atoms. The second-order valence-corrected chi connectivity index (χ2v) is 2.84. The highest BCUT2D eigenvalue weighted by atomic mass is 32.1. The normalized spacial score (nSPS) is 10.2. The van der Waals surface area contributed by atoms with Gasteiger partial charge in [0.15, 0.2) is 10.6 Å². The van der Waals surface area contributed by atoms with Gasteiger partial charge >= 0.3 is 0 Å². The van der Waals surface area contributed by atoms with Gasteiger partial charge in [0.05, 0.1) is 11.7 Å². The van der Waals surface area contributed by atoms with E-state index in [0.29, 0.717) is 10.6 Å². The molecule has 0 aliphatic rings. The third-order valence-corrected chi connectivity index (χ3v) is 1.86. The number of hydrogen-bond donors (Lipinski definition) is 3. The van der Waals surface area contributed by atoms with Crippen LogP contribution < -0.4 is 11.3 Å². The second-order valence-electron chi connectivity index (χ2n) is 2.46. The zero-order valence-corrected chi connectivity index (χ0v) is 7.43. The Hall–Kier alpha value is -1.53. The molecule has 5 nitrogen and oxygen atoms in total. The molecule has 2 aromatic heterocycles. The molecule has 0 spiro atoms. The first-order chi connectivity index (χ1) is 6.31. The molecule has 2 aromatic rings. The van der Waals surface area contributed by atoms with Gasteiger partial charge in [0.2, 0.25) is 0 Å². The summed E-state index contributed by atoms with van der Waals surface area (Å²) in [6.07, 6.45) is 3.34. The molecule has 4 N–H and O–H groups in total. The molecule has 0 radical (unpaired) electrons. The van der Waals surface area contributed by atoms with E-state index in [1.165, 1.54) is 0 Å². The zero-order chi connectivity index (χ0) is 9.26. The predicted molar refractivity (Wildman–Crippen MR) is 52.5 cm³/mol. The summed E-state index contributed by atoms with van der Waals surface area (Å²) in [5.74, 6) is 5.85. The first-order valence-corrected chi connectivity index (χ1v) is 4.03. The van der Waals surface area contributed by atoms with Crippen molar-refractivity contribution in [1.82, 2.24) is 15.0 Å². The Morgan fingerprint density at radius 2 is 2.38 bits per heavy atom. The van der Waals surface area contributed by atoms with Gasteiger partial charge < -0.3 is 10.4 Å². The number of nitrogens with zero attached hydrogens (tertiary/aromatic N) is 2. The van der Waals surface area contributed by atoms with Crippen LogP contribution in [0.2, 0.25) is 0 Å². The van der Waals surface area contributed by atoms with Gasteiger partial charge in [-0.2, -0.15) is 0 Å². The van der Waals surface area contributed by atoms with Crippen molar-refractivity contribution in [2.24, 2.45) is 5.84 Å². The molecule has 0 aliphatic heterocycles. The number of nitrogen functional groups attached to an aromatic ring is 1. The summed E-state index contributed by atoms with van der Waals surface area (Å²) in [5, 5.41) is 0.867. The standard InChI is InChI=1S/C7H7N5S/c8-12-6-4-1-2-9-3-5(4)10-7(13)11-6/h1-3H,8H2,(H2,10,11,12,13). The van der Waals surface area contributed by atoms with Crippen LogP contribution in [0.5, 0.6) is 0 Å². The number of rotatable bonds is 1. The van der Waals surface area contributed by atoms with Crippen LogP contribution in [-0.2, 0) is 0 Å². The highest BCUT2D eigenvalue weighted by molar-refractivity contribution is 7.71. The molecular weight excluding hydrogens is 186 g/mol. The third-order valence-electron chi connectivity index (χ3n) is 1.67. The summed E-state index contributed by atoms with van der Waals surface area (Å²) >= 11 is 4.90. The largest absolute Gasteiger partial charge is 0.329 e. The van der Waals surface area contributed by atoms with Crippen molar-refractivity contribution < 1.29 is 0 Å². The number of anilines is 1. The van der Waals surface area contributed by atoms with Crippen molar-refractivity contribution >= 4 is 28.9 Å². The molecule has 2 heterocycles. The van der Waals surface area contributed by atoms with E-state index in [2.05, 4.69) is 20.4 Å². The average Bonchev–Trinajstić information content (AvgIpc) is 2.16. The van der Waals surface area contributed by atoms with Crippen molar-refractivity contribution in [3.8, 4) is 0 Å². The molecule has 66 valence electrons. The second kappa shape index (κ2) is 3.08. The van der Waals surface area contributed by atoms with Gasteiger partial charge in [-0.25, -0.2) is 10.8 Å². The van der Waals surface area contributed by atoms with E-state index in [1.54, 1.807) is 12.4 Å². The topological polar surface area (TPSA) is 79.6 Å². The Morgan fingerprint density at radius 1 is 1.54 bits per heavy atom. The van der Waals surface area contributed by atoms with Crippen molar-refractivity contribution in [3.63, 3.8) is 0 Å². The van der Waals surface area contributed by atoms with Gasteiger partial charge in [0.1, 0.15) is 0 Å². The smallest absolute Gasteiger partial charge is 0.199 e. The van der Waals surface area contributed by atoms with Crippen molar-refractivity contribution in [2.45, 2.75) is 0 Å². The summed E-state index contributed by atoms with van der Waals surface area (Å²) in [5.41, 5.74) is 3.30. The first-order valence-electron chi connectivity index (χ1n) is 3.62. The van der Waals surface area contributed by atoms with Gasteiger partial charge in [-0.3, -0.25) is 4.98 Å². The summed E-state index contributed by atoms with van der Waals surface area (Å²) in [4.78, 5) is 10.9. The fourth-order valence-electron chi connectivity index (χ4n) is 1.12. The van der Waals surface area contributed by atoms with Crippen LogP contribution in [0.3, 0.4) is 0 Å². The van der Waals surface area contributed by atoms with Gasteiger partial charge in [-0.15, -0.1) is 0 Å². The summed E-state index contributed by atoms with van der Waals surface area (Å²) in [6, 6.07) is 1.81. The summed E-state index contributed by atoms with van der Waals surface area (Å²) in [7, 11) is 0. The maximum atomic E-state index is 5.29. The number of fused-ring (bicyclic) bond motifs is 1. The molecule has 0 unspecified atom stereocenters. The lowest BCUT2D eigenvalue weighted by atomic mass is 10.3. The number of nitrogens with one attached hydrogen (secondary N) is 2. The molecule has 0 aromatic carbocycles. The molecule has 0 saturated carbocycles. The lowest BCUT2D eigenvalue weighted by molar-refractivity contribution is 1.14. The Kier molecular flexibility index (Phi) is 1.91. The Labute approximate surface area is 79.0 Å². The van der Waals surface area contributed by atoms with Gasteiger partial charge in [0, 0.05) is 11.6 Å². The monoisotopic (exact) mass is 193 g/mol. The highest BCUT2D eigenvalue weighted by Crippen LogP contribution is 2.16. The molecular formula is C7H7N5S. The van der Waals surface area contributed by atoms with E-state index >= 15 is 0 Å². The Morgan fingerprint density at radius 3 is 3.15 bits per heavy atom. The number of nitrogens with two attached hydrogens (primary N) is 1. The molecule has 0 amide bonds. The average molecular weight is 193 g/mol. The van der Waals surface area contributed by atoms with Crippen molar-refractivity contribution in [3.05, 3.63) is 23.2 Å². The van der Waals surface area contributed by atoms with Gasteiger partial charge in [-0.05, 0) is 18.3 Å². The van der Waals surface area contributed by atoms with E-state index in [1.807, 2.05) is 6.07 Å². The number of hydrazine groups is 1. The minimum Gasteiger partial charge on any atom is -0.329 e. The van der Waals surface area contributed by atoms with Crippen molar-refractivity contribution in [2.75, 3.05) is 5.43 Å². The minimum absolute atomic E-state index is 0.383.